The quantitative estimate of drug-likeness (QED) is 0.634. The average Bonchev–Trinajstić information content (AvgIpc) is 3.06. The first kappa shape index (κ1) is 18.9. The Kier molecular flexibility index (Phi) is 5.10. The second-order valence-electron chi connectivity index (χ2n) is 7.38. The number of rotatable bonds is 4. The lowest BCUT2D eigenvalue weighted by Crippen LogP contribution is -2.37. The third-order valence-electron chi connectivity index (χ3n) is 5.63. The summed E-state index contributed by atoms with van der Waals surface area (Å²) in [6.45, 7) is 2.57. The van der Waals surface area contributed by atoms with E-state index < -0.39 is 0 Å². The molecule has 1 aliphatic heterocycles. The zero-order valence-electron chi connectivity index (χ0n) is 16.6. The number of aryl methyl sites for hydroxylation is 1. The minimum Gasteiger partial charge on any atom is -0.357 e. The van der Waals surface area contributed by atoms with Crippen molar-refractivity contribution >= 4 is 28.6 Å². The maximum atomic E-state index is 13.2. The van der Waals surface area contributed by atoms with Crippen LogP contribution in [0.25, 0.3) is 11.0 Å². The molecule has 1 fully saturated rings. The number of anilines is 1. The Morgan fingerprint density at radius 1 is 0.929 bits per heavy atom. The zero-order valence-corrected chi connectivity index (χ0v) is 17.5. The molecule has 3 aromatic rings. The van der Waals surface area contributed by atoms with Crippen LogP contribution >= 0.6 is 11.8 Å². The molecule has 1 saturated heterocycles. The molecule has 28 heavy (non-hydrogen) atoms. The number of thioether (sulfide) groups is 1. The van der Waals surface area contributed by atoms with Gasteiger partial charge in [-0.05, 0) is 31.1 Å². The van der Waals surface area contributed by atoms with Crippen LogP contribution in [0.4, 0.5) is 5.82 Å². The lowest BCUT2D eigenvalue weighted by Gasteiger charge is -2.30. The van der Waals surface area contributed by atoms with Crippen LogP contribution in [-0.4, -0.2) is 33.0 Å². The van der Waals surface area contributed by atoms with Crippen molar-refractivity contribution in [3.63, 3.8) is 0 Å². The van der Waals surface area contributed by atoms with Gasteiger partial charge in [0.1, 0.15) is 11.3 Å². The fourth-order valence-corrected chi connectivity index (χ4v) is 5.04. The number of hydrogen-bond donors (Lipinski definition) is 0. The Morgan fingerprint density at radius 3 is 2.25 bits per heavy atom. The SMILES string of the molecule is CSc1c(N2CCCCC2)n(Cc2ccccc2)c2c(=O)n(C)c(=O)n(C)c12. The first-order chi connectivity index (χ1) is 13.5. The van der Waals surface area contributed by atoms with E-state index in [0.717, 1.165) is 47.7 Å². The standard InChI is InChI=1S/C21H26N4O2S/c1-22-16-17(20(26)23(2)21(22)27)25(14-15-10-6-4-7-11-15)19(18(16)28-3)24-12-8-5-9-13-24/h4,6-7,10-11H,5,8-9,12-14H2,1-3H3. The molecule has 0 spiro atoms. The number of nitrogens with zero attached hydrogens (tertiary/aromatic N) is 4. The summed E-state index contributed by atoms with van der Waals surface area (Å²) in [6, 6.07) is 10.2. The van der Waals surface area contributed by atoms with Gasteiger partial charge in [0.25, 0.3) is 5.56 Å². The Bertz CT molecular complexity index is 1120. The van der Waals surface area contributed by atoms with Crippen LogP contribution < -0.4 is 16.1 Å². The van der Waals surface area contributed by atoms with Gasteiger partial charge < -0.3 is 9.47 Å². The number of hydrogen-bond acceptors (Lipinski definition) is 4. The monoisotopic (exact) mass is 398 g/mol. The summed E-state index contributed by atoms with van der Waals surface area (Å²) >= 11 is 1.62. The average molecular weight is 399 g/mol. The number of piperidine rings is 1. The first-order valence-corrected chi connectivity index (χ1v) is 10.9. The highest BCUT2D eigenvalue weighted by Crippen LogP contribution is 2.38. The summed E-state index contributed by atoms with van der Waals surface area (Å²) < 4.78 is 4.97. The molecule has 0 atom stereocenters. The van der Waals surface area contributed by atoms with Crippen LogP contribution in [0, 0.1) is 0 Å². The summed E-state index contributed by atoms with van der Waals surface area (Å²) in [7, 11) is 3.32. The summed E-state index contributed by atoms with van der Waals surface area (Å²) in [5.74, 6) is 1.07. The molecule has 0 unspecified atom stereocenters. The third-order valence-corrected chi connectivity index (χ3v) is 6.41. The van der Waals surface area contributed by atoms with Gasteiger partial charge in [0.2, 0.25) is 0 Å². The molecule has 2 aromatic heterocycles. The first-order valence-electron chi connectivity index (χ1n) is 9.69. The van der Waals surface area contributed by atoms with Crippen molar-refractivity contribution in [3.8, 4) is 0 Å². The molecule has 6 nitrogen and oxygen atoms in total. The number of aromatic nitrogens is 3. The Labute approximate surface area is 168 Å². The summed E-state index contributed by atoms with van der Waals surface area (Å²) in [4.78, 5) is 29.2. The van der Waals surface area contributed by atoms with Crippen LogP contribution in [0.3, 0.4) is 0 Å². The lowest BCUT2D eigenvalue weighted by molar-refractivity contribution is 0.562. The fraction of sp³-hybridized carbons (Fsp3) is 0.429. The van der Waals surface area contributed by atoms with E-state index in [9.17, 15) is 9.59 Å². The van der Waals surface area contributed by atoms with Gasteiger partial charge in [-0.1, -0.05) is 30.3 Å². The molecule has 7 heteroatoms. The Morgan fingerprint density at radius 2 is 1.61 bits per heavy atom. The van der Waals surface area contributed by atoms with Gasteiger partial charge in [-0.25, -0.2) is 4.79 Å². The van der Waals surface area contributed by atoms with Gasteiger partial charge in [-0.3, -0.25) is 13.9 Å². The molecule has 0 saturated carbocycles. The van der Waals surface area contributed by atoms with Gasteiger partial charge in [0.15, 0.2) is 0 Å². The van der Waals surface area contributed by atoms with Crippen LogP contribution in [0.2, 0.25) is 0 Å². The summed E-state index contributed by atoms with van der Waals surface area (Å²) in [6.07, 6.45) is 5.57. The van der Waals surface area contributed by atoms with Gasteiger partial charge in [-0.15, -0.1) is 11.8 Å². The molecule has 0 radical (unpaired) electrons. The van der Waals surface area contributed by atoms with Crippen LogP contribution in [0.15, 0.2) is 44.8 Å². The van der Waals surface area contributed by atoms with Gasteiger partial charge in [0, 0.05) is 33.7 Å². The third kappa shape index (κ3) is 2.98. The van der Waals surface area contributed by atoms with Crippen LogP contribution in [0.5, 0.6) is 0 Å². The van der Waals surface area contributed by atoms with E-state index in [1.54, 1.807) is 30.4 Å². The number of fused-ring (bicyclic) bond motifs is 1. The smallest absolute Gasteiger partial charge is 0.331 e. The summed E-state index contributed by atoms with van der Waals surface area (Å²) in [5, 5.41) is 0. The normalized spacial score (nSPS) is 14.8. The Balaban J connectivity index is 2.08. The van der Waals surface area contributed by atoms with E-state index in [0.29, 0.717) is 12.1 Å². The number of benzene rings is 1. The summed E-state index contributed by atoms with van der Waals surface area (Å²) in [5.41, 5.74) is 1.99. The Hall–Kier alpha value is -2.41. The maximum Gasteiger partial charge on any atom is 0.331 e. The lowest BCUT2D eigenvalue weighted by atomic mass is 10.1. The predicted molar refractivity (Wildman–Crippen MR) is 116 cm³/mol. The maximum absolute atomic E-state index is 13.2. The van der Waals surface area contributed by atoms with Gasteiger partial charge in [0.05, 0.1) is 10.4 Å². The van der Waals surface area contributed by atoms with Gasteiger partial charge >= 0.3 is 5.69 Å². The topological polar surface area (TPSA) is 52.2 Å². The van der Waals surface area contributed by atoms with Crippen LogP contribution in [0.1, 0.15) is 24.8 Å². The van der Waals surface area contributed by atoms with Crippen molar-refractivity contribution in [1.29, 1.82) is 0 Å². The predicted octanol–water partition coefficient (Wildman–Crippen LogP) is 2.80. The van der Waals surface area contributed by atoms with E-state index in [4.69, 9.17) is 0 Å². The van der Waals surface area contributed by atoms with E-state index in [2.05, 4.69) is 21.6 Å². The highest BCUT2D eigenvalue weighted by atomic mass is 32.2. The van der Waals surface area contributed by atoms with Crippen molar-refractivity contribution in [2.45, 2.75) is 30.7 Å². The highest BCUT2D eigenvalue weighted by Gasteiger charge is 2.27. The molecule has 0 bridgehead atoms. The van der Waals surface area contributed by atoms with Crippen molar-refractivity contribution in [2.75, 3.05) is 24.2 Å². The molecule has 1 aromatic carbocycles. The molecule has 0 aliphatic carbocycles. The van der Waals surface area contributed by atoms with Crippen molar-refractivity contribution in [2.24, 2.45) is 14.1 Å². The second-order valence-corrected chi connectivity index (χ2v) is 8.20. The van der Waals surface area contributed by atoms with E-state index in [1.807, 2.05) is 24.5 Å². The van der Waals surface area contributed by atoms with E-state index >= 15 is 0 Å². The minimum absolute atomic E-state index is 0.229. The van der Waals surface area contributed by atoms with Crippen molar-refractivity contribution in [3.05, 3.63) is 56.7 Å². The fourth-order valence-electron chi connectivity index (χ4n) is 4.19. The molecule has 0 N–H and O–H groups in total. The molecule has 148 valence electrons. The van der Waals surface area contributed by atoms with Gasteiger partial charge in [-0.2, -0.15) is 0 Å². The molecular weight excluding hydrogens is 372 g/mol. The van der Waals surface area contributed by atoms with Crippen molar-refractivity contribution < 1.29 is 0 Å². The zero-order chi connectivity index (χ0) is 19.8. The molecule has 1 aliphatic rings. The van der Waals surface area contributed by atoms with Crippen LogP contribution in [-0.2, 0) is 20.6 Å². The molecule has 4 rings (SSSR count). The second kappa shape index (κ2) is 7.54. The molecule has 3 heterocycles. The largest absolute Gasteiger partial charge is 0.357 e. The molecule has 0 amide bonds. The van der Waals surface area contributed by atoms with E-state index in [1.165, 1.54) is 11.0 Å². The molecular formula is C21H26N4O2S. The van der Waals surface area contributed by atoms with E-state index in [-0.39, 0.29) is 11.2 Å². The van der Waals surface area contributed by atoms with Crippen molar-refractivity contribution in [1.82, 2.24) is 13.7 Å². The highest BCUT2D eigenvalue weighted by molar-refractivity contribution is 7.99. The minimum atomic E-state index is -0.283.